The minimum atomic E-state index is -1.01. The molecule has 2 amide bonds. The van der Waals surface area contributed by atoms with Gasteiger partial charge >= 0.3 is 17.8 Å². The highest BCUT2D eigenvalue weighted by atomic mass is 19.1. The fraction of sp³-hybridized carbons (Fsp3) is 0.0833. The number of esters is 1. The van der Waals surface area contributed by atoms with Gasteiger partial charge in [0, 0.05) is 5.69 Å². The van der Waals surface area contributed by atoms with E-state index in [0.29, 0.717) is 11.1 Å². The topological polar surface area (TPSA) is 106 Å². The maximum atomic E-state index is 12.9. The zero-order valence-electron chi connectivity index (χ0n) is 17.8. The third kappa shape index (κ3) is 6.47. The van der Waals surface area contributed by atoms with Crippen LogP contribution >= 0.6 is 0 Å². The van der Waals surface area contributed by atoms with Crippen molar-refractivity contribution in [3.8, 4) is 11.5 Å². The van der Waals surface area contributed by atoms with Crippen molar-refractivity contribution in [1.82, 2.24) is 5.43 Å². The summed E-state index contributed by atoms with van der Waals surface area (Å²) >= 11 is 0. The lowest BCUT2D eigenvalue weighted by molar-refractivity contribution is -0.136. The summed E-state index contributed by atoms with van der Waals surface area (Å²) in [5.41, 5.74) is 4.21. The van der Waals surface area contributed by atoms with Crippen molar-refractivity contribution >= 4 is 29.7 Å². The minimum absolute atomic E-state index is 0.212. The van der Waals surface area contributed by atoms with Gasteiger partial charge in [0.25, 0.3) is 0 Å². The standard InChI is InChI=1S/C24H20FN3O5/c1-15-4-3-5-17(12-15)24(31)33-20-11-6-16(13-21(20)32-2)14-26-28-23(30)22(29)27-19-9-7-18(25)8-10-19/h3-14H,1-2H3,(H,27,29)(H,28,30). The largest absolute Gasteiger partial charge is 0.493 e. The third-order valence-electron chi connectivity index (χ3n) is 4.33. The highest BCUT2D eigenvalue weighted by Crippen LogP contribution is 2.28. The smallest absolute Gasteiger partial charge is 0.343 e. The van der Waals surface area contributed by atoms with Crippen molar-refractivity contribution in [3.63, 3.8) is 0 Å². The van der Waals surface area contributed by atoms with E-state index < -0.39 is 23.6 Å². The van der Waals surface area contributed by atoms with Crippen molar-refractivity contribution in [2.75, 3.05) is 12.4 Å². The average molecular weight is 449 g/mol. The Kier molecular flexibility index (Phi) is 7.48. The average Bonchev–Trinajstić information content (AvgIpc) is 2.81. The summed E-state index contributed by atoms with van der Waals surface area (Å²) in [6.45, 7) is 1.87. The maximum Gasteiger partial charge on any atom is 0.343 e. The van der Waals surface area contributed by atoms with Gasteiger partial charge < -0.3 is 14.8 Å². The number of benzene rings is 3. The lowest BCUT2D eigenvalue weighted by Gasteiger charge is -2.10. The first-order chi connectivity index (χ1) is 15.9. The fourth-order valence-electron chi connectivity index (χ4n) is 2.72. The molecule has 0 atom stereocenters. The Morgan fingerprint density at radius 2 is 1.70 bits per heavy atom. The molecule has 3 rings (SSSR count). The van der Waals surface area contributed by atoms with E-state index in [-0.39, 0.29) is 17.2 Å². The van der Waals surface area contributed by atoms with Gasteiger partial charge in [-0.1, -0.05) is 17.7 Å². The predicted octanol–water partition coefficient (Wildman–Crippen LogP) is 3.45. The van der Waals surface area contributed by atoms with E-state index >= 15 is 0 Å². The molecule has 168 valence electrons. The molecule has 2 N–H and O–H groups in total. The van der Waals surface area contributed by atoms with E-state index in [1.807, 2.05) is 13.0 Å². The number of anilines is 1. The number of halogens is 1. The number of hydrogen-bond donors (Lipinski definition) is 2. The molecule has 0 aliphatic heterocycles. The van der Waals surface area contributed by atoms with Crippen molar-refractivity contribution in [2.45, 2.75) is 6.92 Å². The van der Waals surface area contributed by atoms with Crippen LogP contribution in [0.4, 0.5) is 10.1 Å². The van der Waals surface area contributed by atoms with Crippen molar-refractivity contribution in [3.05, 3.63) is 89.2 Å². The molecule has 0 aliphatic carbocycles. The summed E-state index contributed by atoms with van der Waals surface area (Å²) in [4.78, 5) is 36.1. The van der Waals surface area contributed by atoms with Crippen LogP contribution in [-0.2, 0) is 9.59 Å². The number of nitrogens with zero attached hydrogens (tertiary/aromatic N) is 1. The highest BCUT2D eigenvalue weighted by Gasteiger charge is 2.14. The Labute approximate surface area is 189 Å². The van der Waals surface area contributed by atoms with Crippen LogP contribution in [-0.4, -0.2) is 31.1 Å². The summed E-state index contributed by atoms with van der Waals surface area (Å²) in [7, 11) is 1.42. The zero-order chi connectivity index (χ0) is 23.8. The molecule has 0 bridgehead atoms. The SMILES string of the molecule is COc1cc(C=NNC(=O)C(=O)Nc2ccc(F)cc2)ccc1OC(=O)c1cccc(C)c1. The molecule has 0 fully saturated rings. The molecule has 3 aromatic rings. The fourth-order valence-corrected chi connectivity index (χ4v) is 2.72. The zero-order valence-corrected chi connectivity index (χ0v) is 17.8. The molecule has 0 saturated heterocycles. The Bertz CT molecular complexity index is 1210. The molecule has 8 nitrogen and oxygen atoms in total. The quantitative estimate of drug-likeness (QED) is 0.197. The van der Waals surface area contributed by atoms with Gasteiger partial charge in [-0.25, -0.2) is 14.6 Å². The van der Waals surface area contributed by atoms with Crippen LogP contribution in [0, 0.1) is 12.7 Å². The summed E-state index contributed by atoms with van der Waals surface area (Å²) in [5, 5.41) is 6.05. The second-order valence-electron chi connectivity index (χ2n) is 6.83. The molecule has 3 aromatic carbocycles. The van der Waals surface area contributed by atoms with Crippen molar-refractivity contribution in [1.29, 1.82) is 0 Å². The summed E-state index contributed by atoms with van der Waals surface area (Å²) in [5.74, 6) is -2.48. The van der Waals surface area contributed by atoms with Crippen LogP contribution in [0.5, 0.6) is 11.5 Å². The summed E-state index contributed by atoms with van der Waals surface area (Å²) in [6.07, 6.45) is 1.29. The number of hydrogen-bond acceptors (Lipinski definition) is 6. The summed E-state index contributed by atoms with van der Waals surface area (Å²) in [6, 6.07) is 16.6. The molecule has 0 saturated carbocycles. The van der Waals surface area contributed by atoms with Crippen LogP contribution in [0.2, 0.25) is 0 Å². The van der Waals surface area contributed by atoms with E-state index in [1.54, 1.807) is 30.3 Å². The highest BCUT2D eigenvalue weighted by molar-refractivity contribution is 6.39. The van der Waals surface area contributed by atoms with E-state index in [9.17, 15) is 18.8 Å². The number of carbonyl (C=O) groups excluding carboxylic acids is 3. The van der Waals surface area contributed by atoms with Crippen molar-refractivity contribution < 1.29 is 28.2 Å². The van der Waals surface area contributed by atoms with Gasteiger partial charge in [-0.3, -0.25) is 9.59 Å². The van der Waals surface area contributed by atoms with E-state index in [4.69, 9.17) is 9.47 Å². The molecule has 33 heavy (non-hydrogen) atoms. The molecule has 0 heterocycles. The minimum Gasteiger partial charge on any atom is -0.493 e. The van der Waals surface area contributed by atoms with Gasteiger partial charge in [-0.2, -0.15) is 5.10 Å². The Balaban J connectivity index is 1.60. The Morgan fingerprint density at radius 1 is 0.939 bits per heavy atom. The second kappa shape index (κ2) is 10.7. The van der Waals surface area contributed by atoms with E-state index in [1.165, 1.54) is 31.5 Å². The third-order valence-corrected chi connectivity index (χ3v) is 4.33. The van der Waals surface area contributed by atoms with Crippen LogP contribution in [0.15, 0.2) is 71.8 Å². The van der Waals surface area contributed by atoms with E-state index in [0.717, 1.165) is 17.7 Å². The number of carbonyl (C=O) groups is 3. The van der Waals surface area contributed by atoms with Crippen LogP contribution < -0.4 is 20.2 Å². The predicted molar refractivity (Wildman–Crippen MR) is 120 cm³/mol. The number of rotatable bonds is 6. The number of methoxy groups -OCH3 is 1. The lowest BCUT2D eigenvalue weighted by Crippen LogP contribution is -2.32. The molecule has 9 heteroatoms. The number of aryl methyl sites for hydroxylation is 1. The first-order valence-corrected chi connectivity index (χ1v) is 9.72. The number of ether oxygens (including phenoxy) is 2. The Hall–Kier alpha value is -4.53. The first-order valence-electron chi connectivity index (χ1n) is 9.72. The van der Waals surface area contributed by atoms with Gasteiger partial charge in [0.2, 0.25) is 0 Å². The lowest BCUT2D eigenvalue weighted by atomic mass is 10.1. The molecular weight excluding hydrogens is 429 g/mol. The monoisotopic (exact) mass is 449 g/mol. The van der Waals surface area contributed by atoms with Gasteiger partial charge in [0.15, 0.2) is 11.5 Å². The van der Waals surface area contributed by atoms with Gasteiger partial charge in [0.1, 0.15) is 5.82 Å². The molecule has 0 radical (unpaired) electrons. The molecule has 0 spiro atoms. The normalized spacial score (nSPS) is 10.5. The molecular formula is C24H20FN3O5. The number of nitrogens with one attached hydrogen (secondary N) is 2. The van der Waals surface area contributed by atoms with Gasteiger partial charge in [-0.15, -0.1) is 0 Å². The van der Waals surface area contributed by atoms with Crippen LogP contribution in [0.3, 0.4) is 0 Å². The molecule has 0 aliphatic rings. The van der Waals surface area contributed by atoms with Crippen LogP contribution in [0.25, 0.3) is 0 Å². The number of amides is 2. The molecule has 0 unspecified atom stereocenters. The van der Waals surface area contributed by atoms with Crippen LogP contribution in [0.1, 0.15) is 21.5 Å². The second-order valence-corrected chi connectivity index (χ2v) is 6.83. The number of hydrazone groups is 1. The first kappa shape index (κ1) is 23.1. The van der Waals surface area contributed by atoms with Gasteiger partial charge in [0.05, 0.1) is 18.9 Å². The van der Waals surface area contributed by atoms with E-state index in [2.05, 4.69) is 15.8 Å². The van der Waals surface area contributed by atoms with Gasteiger partial charge in [-0.05, 0) is 67.1 Å². The Morgan fingerprint density at radius 3 is 2.39 bits per heavy atom. The maximum absolute atomic E-state index is 12.9. The van der Waals surface area contributed by atoms with Crippen molar-refractivity contribution in [2.24, 2.45) is 5.10 Å². The molecule has 0 aromatic heterocycles. The summed E-state index contributed by atoms with van der Waals surface area (Å²) < 4.78 is 23.6.